The highest BCUT2D eigenvalue weighted by Gasteiger charge is 2.23. The van der Waals surface area contributed by atoms with Gasteiger partial charge < -0.3 is 20.2 Å². The van der Waals surface area contributed by atoms with Crippen molar-refractivity contribution in [2.75, 3.05) is 37.1 Å². The summed E-state index contributed by atoms with van der Waals surface area (Å²) in [5.74, 6) is 5.21. The molecular formula is C9H14N6O4. The lowest BCUT2D eigenvalue weighted by molar-refractivity contribution is -0.383. The molecule has 1 fully saturated rings. The smallest absolute Gasteiger partial charge is 0.354 e. The zero-order valence-corrected chi connectivity index (χ0v) is 10.0. The molecule has 4 N–H and O–H groups in total. The van der Waals surface area contributed by atoms with E-state index in [1.807, 2.05) is 0 Å². The molecule has 2 heterocycles. The van der Waals surface area contributed by atoms with Crippen LogP contribution in [0.3, 0.4) is 0 Å². The molecule has 10 heteroatoms. The number of nitrogen functional groups attached to an aromatic ring is 1. The van der Waals surface area contributed by atoms with Crippen molar-refractivity contribution in [1.82, 2.24) is 9.97 Å². The van der Waals surface area contributed by atoms with Crippen molar-refractivity contribution in [3.63, 3.8) is 0 Å². The minimum absolute atomic E-state index is 0.0525. The molecule has 0 amide bonds. The lowest BCUT2D eigenvalue weighted by Crippen LogP contribution is -2.34. The van der Waals surface area contributed by atoms with Gasteiger partial charge in [0.1, 0.15) is 6.33 Å². The Bertz CT molecular complexity index is 450. The van der Waals surface area contributed by atoms with Crippen LogP contribution in [0.1, 0.15) is 0 Å². The van der Waals surface area contributed by atoms with Crippen molar-refractivity contribution >= 4 is 17.3 Å². The molecule has 1 saturated heterocycles. The normalized spacial score (nSPS) is 18.9. The van der Waals surface area contributed by atoms with Gasteiger partial charge in [0.15, 0.2) is 0 Å². The molecule has 0 aliphatic carbocycles. The Kier molecular flexibility index (Phi) is 4.39. The first kappa shape index (κ1) is 13.4. The van der Waals surface area contributed by atoms with Gasteiger partial charge in [-0.2, -0.15) is 0 Å². The maximum Gasteiger partial charge on any atom is 0.354 e. The van der Waals surface area contributed by atoms with Gasteiger partial charge in [0.05, 0.1) is 30.8 Å². The highest BCUT2D eigenvalue weighted by Crippen LogP contribution is 2.27. The fraction of sp³-hybridized carbons (Fsp3) is 0.556. The van der Waals surface area contributed by atoms with Crippen molar-refractivity contribution in [2.24, 2.45) is 5.84 Å². The third kappa shape index (κ3) is 3.24. The molecule has 1 aromatic rings. The number of ether oxygens (including phenoxy) is 2. The van der Waals surface area contributed by atoms with Crippen LogP contribution >= 0.6 is 0 Å². The molecule has 1 atom stereocenters. The zero-order chi connectivity index (χ0) is 13.7. The van der Waals surface area contributed by atoms with Gasteiger partial charge in [-0.15, -0.1) is 0 Å². The predicted molar refractivity (Wildman–Crippen MR) is 65.5 cm³/mol. The van der Waals surface area contributed by atoms with E-state index in [2.05, 4.69) is 20.7 Å². The van der Waals surface area contributed by atoms with Crippen molar-refractivity contribution < 1.29 is 14.4 Å². The molecule has 0 saturated carbocycles. The molecule has 19 heavy (non-hydrogen) atoms. The summed E-state index contributed by atoms with van der Waals surface area (Å²) in [4.78, 5) is 17.9. The van der Waals surface area contributed by atoms with Crippen molar-refractivity contribution in [3.8, 4) is 0 Å². The topological polar surface area (TPSA) is 137 Å². The molecule has 2 rings (SSSR count). The highest BCUT2D eigenvalue weighted by molar-refractivity contribution is 5.68. The lowest BCUT2D eigenvalue weighted by Gasteiger charge is -2.23. The second-order valence-electron chi connectivity index (χ2n) is 3.77. The summed E-state index contributed by atoms with van der Waals surface area (Å²) in [6.45, 7) is 1.86. The quantitative estimate of drug-likeness (QED) is 0.367. The number of nitrogens with one attached hydrogen (secondary N) is 2. The van der Waals surface area contributed by atoms with Crippen LogP contribution in [0, 0.1) is 10.1 Å². The van der Waals surface area contributed by atoms with E-state index < -0.39 is 4.92 Å². The summed E-state index contributed by atoms with van der Waals surface area (Å²) in [5, 5.41) is 13.8. The maximum absolute atomic E-state index is 11.0. The van der Waals surface area contributed by atoms with E-state index >= 15 is 0 Å². The molecule has 10 nitrogen and oxygen atoms in total. The van der Waals surface area contributed by atoms with Gasteiger partial charge in [0, 0.05) is 6.54 Å². The molecule has 1 aliphatic rings. The fourth-order valence-corrected chi connectivity index (χ4v) is 1.65. The molecule has 1 unspecified atom stereocenters. The van der Waals surface area contributed by atoms with Crippen LogP contribution in [0.2, 0.25) is 0 Å². The van der Waals surface area contributed by atoms with Crippen LogP contribution in [0.25, 0.3) is 0 Å². The molecule has 0 bridgehead atoms. The Morgan fingerprint density at radius 2 is 2.26 bits per heavy atom. The molecular weight excluding hydrogens is 256 g/mol. The van der Waals surface area contributed by atoms with Crippen molar-refractivity contribution in [3.05, 3.63) is 16.4 Å². The van der Waals surface area contributed by atoms with Crippen LogP contribution in [0.5, 0.6) is 0 Å². The van der Waals surface area contributed by atoms with Crippen LogP contribution in [0.15, 0.2) is 6.33 Å². The fourth-order valence-electron chi connectivity index (χ4n) is 1.65. The average molecular weight is 270 g/mol. The van der Waals surface area contributed by atoms with E-state index in [4.69, 9.17) is 15.3 Å². The summed E-state index contributed by atoms with van der Waals surface area (Å²) in [6.07, 6.45) is 1.01. The number of aromatic nitrogens is 2. The van der Waals surface area contributed by atoms with E-state index in [1.54, 1.807) is 0 Å². The van der Waals surface area contributed by atoms with Gasteiger partial charge in [-0.3, -0.25) is 10.1 Å². The SMILES string of the molecule is NNc1ncnc(NCC2COCCO2)c1[N+](=O)[O-]. The third-order valence-corrected chi connectivity index (χ3v) is 2.52. The Hall–Kier alpha value is -2.04. The number of nitrogens with two attached hydrogens (primary N) is 1. The summed E-state index contributed by atoms with van der Waals surface area (Å²) < 4.78 is 10.6. The van der Waals surface area contributed by atoms with E-state index in [0.717, 1.165) is 0 Å². The Morgan fingerprint density at radius 1 is 1.47 bits per heavy atom. The van der Waals surface area contributed by atoms with E-state index in [0.29, 0.717) is 26.4 Å². The van der Waals surface area contributed by atoms with Crippen molar-refractivity contribution in [2.45, 2.75) is 6.10 Å². The number of anilines is 2. The molecule has 0 radical (unpaired) electrons. The van der Waals surface area contributed by atoms with Crippen LogP contribution < -0.4 is 16.6 Å². The number of hydrazine groups is 1. The summed E-state index contributed by atoms with van der Waals surface area (Å²) in [5.41, 5.74) is 1.86. The summed E-state index contributed by atoms with van der Waals surface area (Å²) >= 11 is 0. The van der Waals surface area contributed by atoms with Gasteiger partial charge in [-0.25, -0.2) is 15.8 Å². The highest BCUT2D eigenvalue weighted by atomic mass is 16.6. The van der Waals surface area contributed by atoms with Gasteiger partial charge in [-0.05, 0) is 0 Å². The molecule has 0 aromatic carbocycles. The Morgan fingerprint density at radius 3 is 2.89 bits per heavy atom. The van der Waals surface area contributed by atoms with E-state index in [9.17, 15) is 10.1 Å². The number of hydrogen-bond donors (Lipinski definition) is 3. The van der Waals surface area contributed by atoms with Gasteiger partial charge >= 0.3 is 5.69 Å². The van der Waals surface area contributed by atoms with Gasteiger partial charge in [-0.1, -0.05) is 0 Å². The van der Waals surface area contributed by atoms with Crippen LogP contribution in [-0.4, -0.2) is 47.4 Å². The molecule has 104 valence electrons. The Balaban J connectivity index is 2.08. The standard InChI is InChI=1S/C9H14N6O4/c10-14-9-7(15(16)17)8(12-5-13-9)11-3-6-4-18-1-2-19-6/h5-6H,1-4,10H2,(H2,11,12,13,14). The molecule has 1 aliphatic heterocycles. The van der Waals surface area contributed by atoms with E-state index in [-0.39, 0.29) is 23.4 Å². The minimum atomic E-state index is -0.601. The third-order valence-electron chi connectivity index (χ3n) is 2.52. The number of rotatable bonds is 5. The largest absolute Gasteiger partial charge is 0.376 e. The first-order valence-corrected chi connectivity index (χ1v) is 5.61. The van der Waals surface area contributed by atoms with Crippen LogP contribution in [-0.2, 0) is 9.47 Å². The first-order chi connectivity index (χ1) is 9.22. The average Bonchev–Trinajstić information content (AvgIpc) is 2.45. The molecule has 1 aromatic heterocycles. The molecule has 0 spiro atoms. The second-order valence-corrected chi connectivity index (χ2v) is 3.77. The second kappa shape index (κ2) is 6.22. The minimum Gasteiger partial charge on any atom is -0.376 e. The van der Waals surface area contributed by atoms with Crippen molar-refractivity contribution in [1.29, 1.82) is 0 Å². The summed E-state index contributed by atoms with van der Waals surface area (Å²) in [6, 6.07) is 0. The maximum atomic E-state index is 11.0. The number of nitrogens with zero attached hydrogens (tertiary/aromatic N) is 3. The van der Waals surface area contributed by atoms with E-state index in [1.165, 1.54) is 6.33 Å². The van der Waals surface area contributed by atoms with Gasteiger partial charge in [0.25, 0.3) is 0 Å². The zero-order valence-electron chi connectivity index (χ0n) is 10.0. The lowest BCUT2D eigenvalue weighted by atomic mass is 10.3. The van der Waals surface area contributed by atoms with Crippen LogP contribution in [0.4, 0.5) is 17.3 Å². The number of hydrogen-bond acceptors (Lipinski definition) is 9. The number of nitro groups is 1. The predicted octanol–water partition coefficient (Wildman–Crippen LogP) is -0.502. The first-order valence-electron chi connectivity index (χ1n) is 5.61. The summed E-state index contributed by atoms with van der Waals surface area (Å²) in [7, 11) is 0. The Labute approximate surface area is 108 Å². The monoisotopic (exact) mass is 270 g/mol. The van der Waals surface area contributed by atoms with Gasteiger partial charge in [0.2, 0.25) is 11.6 Å².